The Hall–Kier alpha value is -2.69. The van der Waals surface area contributed by atoms with Gasteiger partial charge in [0, 0.05) is 34.3 Å². The number of nitrogens with zero attached hydrogens (tertiary/aromatic N) is 2. The smallest absolute Gasteiger partial charge is 0.248 e. The molecule has 0 saturated heterocycles. The van der Waals surface area contributed by atoms with Crippen molar-refractivity contribution < 1.29 is 4.79 Å². The number of nitrogens with one attached hydrogen (secondary N) is 1. The van der Waals surface area contributed by atoms with Crippen molar-refractivity contribution in [1.29, 1.82) is 0 Å². The molecule has 0 unspecified atom stereocenters. The van der Waals surface area contributed by atoms with Gasteiger partial charge in [0.25, 0.3) is 0 Å². The van der Waals surface area contributed by atoms with Crippen molar-refractivity contribution in [2.45, 2.75) is 18.8 Å². The van der Waals surface area contributed by atoms with Crippen molar-refractivity contribution in [2.24, 2.45) is 5.73 Å². The summed E-state index contributed by atoms with van der Waals surface area (Å²) < 4.78 is 0. The minimum atomic E-state index is -0.433. The molecule has 3 N–H and O–H groups in total. The lowest BCUT2D eigenvalue weighted by molar-refractivity contribution is 0.100. The normalized spacial score (nSPS) is 14.5. The Morgan fingerprint density at radius 2 is 2.10 bits per heavy atom. The maximum Gasteiger partial charge on any atom is 0.248 e. The Morgan fingerprint density at radius 1 is 1.24 bits per heavy atom. The van der Waals surface area contributed by atoms with E-state index in [4.69, 9.17) is 5.73 Å². The molecule has 1 aromatic carbocycles. The van der Waals surface area contributed by atoms with E-state index >= 15 is 0 Å². The number of primary amides is 1. The molecule has 0 atom stereocenters. The number of nitrogens with two attached hydrogens (primary N) is 1. The third-order valence-corrected chi connectivity index (χ3v) is 3.90. The minimum Gasteiger partial charge on any atom is -0.366 e. The second-order valence-corrected chi connectivity index (χ2v) is 5.44. The van der Waals surface area contributed by atoms with E-state index in [9.17, 15) is 4.79 Å². The lowest BCUT2D eigenvalue weighted by atomic mass is 10.0. The molecule has 2 heterocycles. The molecule has 1 fully saturated rings. The summed E-state index contributed by atoms with van der Waals surface area (Å²) in [5.74, 6) is 0.161. The summed E-state index contributed by atoms with van der Waals surface area (Å²) in [6.45, 7) is 0. The number of carbonyl (C=O) groups is 1. The van der Waals surface area contributed by atoms with Gasteiger partial charge in [0.05, 0.1) is 5.52 Å². The van der Waals surface area contributed by atoms with Crippen LogP contribution in [-0.2, 0) is 0 Å². The first-order valence-corrected chi connectivity index (χ1v) is 6.96. The number of pyridine rings is 1. The second kappa shape index (κ2) is 4.41. The van der Waals surface area contributed by atoms with Crippen molar-refractivity contribution in [1.82, 2.24) is 15.2 Å². The first-order chi connectivity index (χ1) is 10.2. The van der Waals surface area contributed by atoms with Gasteiger partial charge in [0.15, 0.2) is 0 Å². The SMILES string of the molecule is NC(=O)c1ccc2[nH]nc(-c3ccnc(C4CC4)c3)c2c1. The number of H-pyrrole nitrogens is 1. The molecule has 0 spiro atoms. The van der Waals surface area contributed by atoms with Crippen LogP contribution in [-0.4, -0.2) is 21.1 Å². The summed E-state index contributed by atoms with van der Waals surface area (Å²) in [6.07, 6.45) is 4.24. The molecule has 1 aliphatic rings. The average Bonchev–Trinajstić information content (AvgIpc) is 3.26. The first-order valence-electron chi connectivity index (χ1n) is 6.96. The van der Waals surface area contributed by atoms with Crippen LogP contribution in [0.4, 0.5) is 0 Å². The zero-order valence-corrected chi connectivity index (χ0v) is 11.3. The quantitative estimate of drug-likeness (QED) is 0.772. The van der Waals surface area contributed by atoms with E-state index in [-0.39, 0.29) is 0 Å². The molecule has 104 valence electrons. The highest BCUT2D eigenvalue weighted by Crippen LogP contribution is 2.40. The van der Waals surface area contributed by atoms with Crippen LogP contribution in [0, 0.1) is 0 Å². The van der Waals surface area contributed by atoms with Crippen LogP contribution in [0.2, 0.25) is 0 Å². The second-order valence-electron chi connectivity index (χ2n) is 5.44. The van der Waals surface area contributed by atoms with Crippen molar-refractivity contribution in [3.8, 4) is 11.3 Å². The zero-order chi connectivity index (χ0) is 14.4. The third kappa shape index (κ3) is 2.07. The predicted molar refractivity (Wildman–Crippen MR) is 79.8 cm³/mol. The summed E-state index contributed by atoms with van der Waals surface area (Å²) in [7, 11) is 0. The Labute approximate surface area is 121 Å². The fraction of sp³-hybridized carbons (Fsp3) is 0.188. The Kier molecular flexibility index (Phi) is 2.54. The van der Waals surface area contributed by atoms with Crippen molar-refractivity contribution in [3.05, 3.63) is 47.8 Å². The van der Waals surface area contributed by atoms with Gasteiger partial charge >= 0.3 is 0 Å². The molecule has 5 heteroatoms. The zero-order valence-electron chi connectivity index (χ0n) is 11.3. The number of carbonyl (C=O) groups excluding carboxylic acids is 1. The van der Waals surface area contributed by atoms with E-state index in [1.54, 1.807) is 12.1 Å². The van der Waals surface area contributed by atoms with E-state index in [0.717, 1.165) is 27.9 Å². The summed E-state index contributed by atoms with van der Waals surface area (Å²) in [5, 5.41) is 8.28. The molecule has 4 rings (SSSR count). The maximum atomic E-state index is 11.3. The van der Waals surface area contributed by atoms with Gasteiger partial charge in [0.1, 0.15) is 5.69 Å². The Bertz CT molecular complexity index is 848. The van der Waals surface area contributed by atoms with Gasteiger partial charge in [-0.25, -0.2) is 0 Å². The van der Waals surface area contributed by atoms with Gasteiger partial charge in [-0.15, -0.1) is 0 Å². The number of hydrogen-bond acceptors (Lipinski definition) is 3. The number of fused-ring (bicyclic) bond motifs is 1. The number of hydrogen-bond donors (Lipinski definition) is 2. The van der Waals surface area contributed by atoms with Crippen LogP contribution in [0.5, 0.6) is 0 Å². The summed E-state index contributed by atoms with van der Waals surface area (Å²) in [6, 6.07) is 9.35. The first kappa shape index (κ1) is 12.1. The van der Waals surface area contributed by atoms with Crippen LogP contribution < -0.4 is 5.73 Å². The van der Waals surface area contributed by atoms with E-state index in [1.807, 2.05) is 18.3 Å². The lowest BCUT2D eigenvalue weighted by Crippen LogP contribution is -2.10. The van der Waals surface area contributed by atoms with Gasteiger partial charge in [-0.1, -0.05) is 0 Å². The van der Waals surface area contributed by atoms with Gasteiger partial charge in [-0.3, -0.25) is 14.9 Å². The van der Waals surface area contributed by atoms with Crippen LogP contribution in [0.1, 0.15) is 34.8 Å². The molecule has 0 bridgehead atoms. The van der Waals surface area contributed by atoms with Crippen LogP contribution in [0.15, 0.2) is 36.5 Å². The van der Waals surface area contributed by atoms with Crippen molar-refractivity contribution >= 4 is 16.8 Å². The topological polar surface area (TPSA) is 84.7 Å². The maximum absolute atomic E-state index is 11.3. The Balaban J connectivity index is 1.87. The highest BCUT2D eigenvalue weighted by molar-refractivity contribution is 6.00. The number of rotatable bonds is 3. The summed E-state index contributed by atoms with van der Waals surface area (Å²) in [5.41, 5.74) is 9.70. The van der Waals surface area contributed by atoms with Crippen LogP contribution in [0.3, 0.4) is 0 Å². The number of aromatic nitrogens is 3. The molecule has 1 saturated carbocycles. The molecule has 0 radical (unpaired) electrons. The van der Waals surface area contributed by atoms with Crippen LogP contribution in [0.25, 0.3) is 22.2 Å². The highest BCUT2D eigenvalue weighted by Gasteiger charge is 2.25. The van der Waals surface area contributed by atoms with Crippen molar-refractivity contribution in [2.75, 3.05) is 0 Å². The lowest BCUT2D eigenvalue weighted by Gasteiger charge is -2.02. The third-order valence-electron chi connectivity index (χ3n) is 3.90. The molecule has 0 aliphatic heterocycles. The molecular weight excluding hydrogens is 264 g/mol. The fourth-order valence-electron chi connectivity index (χ4n) is 2.59. The van der Waals surface area contributed by atoms with E-state index in [2.05, 4.69) is 21.2 Å². The predicted octanol–water partition coefficient (Wildman–Crippen LogP) is 2.60. The number of amides is 1. The molecule has 21 heavy (non-hydrogen) atoms. The monoisotopic (exact) mass is 278 g/mol. The van der Waals surface area contributed by atoms with Crippen molar-refractivity contribution in [3.63, 3.8) is 0 Å². The molecule has 2 aromatic heterocycles. The average molecular weight is 278 g/mol. The minimum absolute atomic E-state index is 0.433. The number of benzene rings is 1. The fourth-order valence-corrected chi connectivity index (χ4v) is 2.59. The van der Waals surface area contributed by atoms with Gasteiger partial charge in [-0.2, -0.15) is 5.10 Å². The molecule has 1 amide bonds. The largest absolute Gasteiger partial charge is 0.366 e. The van der Waals surface area contributed by atoms with E-state index in [0.29, 0.717) is 11.5 Å². The Morgan fingerprint density at radius 3 is 2.86 bits per heavy atom. The molecule has 5 nitrogen and oxygen atoms in total. The molecular formula is C16H14N4O. The summed E-state index contributed by atoms with van der Waals surface area (Å²) >= 11 is 0. The van der Waals surface area contributed by atoms with Gasteiger partial charge < -0.3 is 5.73 Å². The van der Waals surface area contributed by atoms with Gasteiger partial charge in [0.2, 0.25) is 5.91 Å². The van der Waals surface area contributed by atoms with E-state index < -0.39 is 5.91 Å². The molecule has 3 aromatic rings. The van der Waals surface area contributed by atoms with Gasteiger partial charge in [-0.05, 0) is 43.2 Å². The molecule has 1 aliphatic carbocycles. The standard InChI is InChI=1S/C16H14N4O/c17-16(21)11-3-4-13-12(7-11)15(20-19-13)10-5-6-18-14(8-10)9-1-2-9/h3-9H,1-2H2,(H2,17,21)(H,19,20). The number of aromatic amines is 1. The summed E-state index contributed by atoms with van der Waals surface area (Å²) in [4.78, 5) is 15.8. The van der Waals surface area contributed by atoms with E-state index in [1.165, 1.54) is 12.8 Å². The van der Waals surface area contributed by atoms with Crippen LogP contribution >= 0.6 is 0 Å². The highest BCUT2D eigenvalue weighted by atomic mass is 16.1.